The summed E-state index contributed by atoms with van der Waals surface area (Å²) in [5.41, 5.74) is 1.67. The van der Waals surface area contributed by atoms with Crippen LogP contribution in [0.15, 0.2) is 39.8 Å². The number of aromatic nitrogens is 1. The maximum absolute atomic E-state index is 12.8. The third-order valence-corrected chi connectivity index (χ3v) is 6.17. The number of amides is 1. The van der Waals surface area contributed by atoms with E-state index >= 15 is 0 Å². The highest BCUT2D eigenvalue weighted by atomic mass is 32.2. The van der Waals surface area contributed by atoms with Crippen molar-refractivity contribution in [3.63, 3.8) is 0 Å². The predicted octanol–water partition coefficient (Wildman–Crippen LogP) is 2.33. The molecule has 1 fully saturated rings. The van der Waals surface area contributed by atoms with Gasteiger partial charge in [0.25, 0.3) is 0 Å². The van der Waals surface area contributed by atoms with E-state index in [0.717, 1.165) is 5.56 Å². The SMILES string of the molecule is Cc1ccc(S(=O)(=O)N2CCC[C@H](C(=O)Nc3cc(C)no3)C2)cc1. The minimum absolute atomic E-state index is 0.162. The maximum Gasteiger partial charge on any atom is 0.243 e. The number of anilines is 1. The lowest BCUT2D eigenvalue weighted by atomic mass is 9.99. The van der Waals surface area contributed by atoms with Crippen LogP contribution in [0, 0.1) is 19.8 Å². The van der Waals surface area contributed by atoms with Gasteiger partial charge in [-0.05, 0) is 38.8 Å². The lowest BCUT2D eigenvalue weighted by molar-refractivity contribution is -0.121. The first-order valence-electron chi connectivity index (χ1n) is 8.17. The molecule has 0 saturated carbocycles. The Bertz CT molecular complexity index is 858. The van der Waals surface area contributed by atoms with E-state index in [4.69, 9.17) is 4.52 Å². The fourth-order valence-corrected chi connectivity index (χ4v) is 4.40. The molecule has 1 aromatic heterocycles. The van der Waals surface area contributed by atoms with Gasteiger partial charge in [0.15, 0.2) is 0 Å². The van der Waals surface area contributed by atoms with Gasteiger partial charge in [0.05, 0.1) is 16.5 Å². The number of aryl methyl sites for hydroxylation is 2. The van der Waals surface area contributed by atoms with Crippen molar-refractivity contribution in [2.24, 2.45) is 5.92 Å². The summed E-state index contributed by atoms with van der Waals surface area (Å²) < 4.78 is 32.0. The molecular formula is C17H21N3O4S. The molecule has 2 heterocycles. The number of carbonyl (C=O) groups excluding carboxylic acids is 1. The average molecular weight is 363 g/mol. The molecule has 1 aliphatic rings. The van der Waals surface area contributed by atoms with E-state index in [9.17, 15) is 13.2 Å². The fraction of sp³-hybridized carbons (Fsp3) is 0.412. The molecule has 1 N–H and O–H groups in total. The Kier molecular flexibility index (Phi) is 4.91. The summed E-state index contributed by atoms with van der Waals surface area (Å²) in [6.45, 7) is 4.25. The Labute approximate surface area is 147 Å². The van der Waals surface area contributed by atoms with E-state index in [0.29, 0.717) is 25.1 Å². The van der Waals surface area contributed by atoms with Gasteiger partial charge in [-0.3, -0.25) is 10.1 Å². The van der Waals surface area contributed by atoms with Crippen molar-refractivity contribution in [3.8, 4) is 0 Å². The standard InChI is InChI=1S/C17H21N3O4S/c1-12-5-7-15(8-6-12)25(22,23)20-9-3-4-14(11-20)17(21)18-16-10-13(2)19-24-16/h5-8,10,14H,3-4,9,11H2,1-2H3,(H,18,21)/t14-/m0/s1. The zero-order valence-electron chi connectivity index (χ0n) is 14.2. The molecule has 1 aromatic carbocycles. The Morgan fingerprint density at radius 3 is 2.64 bits per heavy atom. The van der Waals surface area contributed by atoms with Crippen LogP contribution in [0.1, 0.15) is 24.1 Å². The van der Waals surface area contributed by atoms with Gasteiger partial charge >= 0.3 is 0 Å². The van der Waals surface area contributed by atoms with E-state index in [1.807, 2.05) is 6.92 Å². The van der Waals surface area contributed by atoms with Crippen LogP contribution in [0.4, 0.5) is 5.88 Å². The van der Waals surface area contributed by atoms with Gasteiger partial charge in [-0.2, -0.15) is 4.31 Å². The van der Waals surface area contributed by atoms with E-state index in [2.05, 4.69) is 10.5 Å². The van der Waals surface area contributed by atoms with Gasteiger partial charge in [-0.25, -0.2) is 8.42 Å². The molecule has 1 atom stereocenters. The Balaban J connectivity index is 1.71. The Morgan fingerprint density at radius 2 is 2.00 bits per heavy atom. The van der Waals surface area contributed by atoms with Gasteiger partial charge in [0.1, 0.15) is 0 Å². The number of nitrogens with zero attached hydrogens (tertiary/aromatic N) is 2. The maximum atomic E-state index is 12.8. The summed E-state index contributed by atoms with van der Waals surface area (Å²) >= 11 is 0. The summed E-state index contributed by atoms with van der Waals surface area (Å²) in [7, 11) is -3.60. The molecule has 25 heavy (non-hydrogen) atoms. The summed E-state index contributed by atoms with van der Waals surface area (Å²) in [6, 6.07) is 8.37. The van der Waals surface area contributed by atoms with Crippen molar-refractivity contribution >= 4 is 21.8 Å². The molecule has 1 amide bonds. The molecule has 7 nitrogen and oxygen atoms in total. The van der Waals surface area contributed by atoms with Crippen molar-refractivity contribution in [3.05, 3.63) is 41.6 Å². The van der Waals surface area contributed by atoms with Gasteiger partial charge in [0.2, 0.25) is 21.8 Å². The van der Waals surface area contributed by atoms with Crippen molar-refractivity contribution in [1.29, 1.82) is 0 Å². The van der Waals surface area contributed by atoms with Gasteiger partial charge < -0.3 is 4.52 Å². The number of benzene rings is 1. The van der Waals surface area contributed by atoms with Crippen LogP contribution in [0.25, 0.3) is 0 Å². The number of sulfonamides is 1. The van der Waals surface area contributed by atoms with Crippen LogP contribution in [0.5, 0.6) is 0 Å². The monoisotopic (exact) mass is 363 g/mol. The molecule has 0 spiro atoms. The molecule has 0 bridgehead atoms. The highest BCUT2D eigenvalue weighted by Crippen LogP contribution is 2.25. The number of hydrogen-bond acceptors (Lipinski definition) is 5. The predicted molar refractivity (Wildman–Crippen MR) is 92.5 cm³/mol. The number of hydrogen-bond donors (Lipinski definition) is 1. The molecule has 0 radical (unpaired) electrons. The van der Waals surface area contributed by atoms with E-state index in [1.54, 1.807) is 37.3 Å². The van der Waals surface area contributed by atoms with E-state index in [-0.39, 0.29) is 23.2 Å². The third-order valence-electron chi connectivity index (χ3n) is 4.29. The summed E-state index contributed by atoms with van der Waals surface area (Å²) in [6.07, 6.45) is 1.28. The second kappa shape index (κ2) is 6.97. The first-order valence-corrected chi connectivity index (χ1v) is 9.61. The zero-order chi connectivity index (χ0) is 18.0. The van der Waals surface area contributed by atoms with E-state index < -0.39 is 15.9 Å². The average Bonchev–Trinajstić information content (AvgIpc) is 3.00. The second-order valence-electron chi connectivity index (χ2n) is 6.34. The molecular weight excluding hydrogens is 342 g/mol. The normalized spacial score (nSPS) is 18.9. The Hall–Kier alpha value is -2.19. The molecule has 0 aliphatic carbocycles. The number of nitrogens with one attached hydrogen (secondary N) is 1. The topological polar surface area (TPSA) is 92.5 Å². The zero-order valence-corrected chi connectivity index (χ0v) is 15.0. The van der Waals surface area contributed by atoms with Crippen LogP contribution < -0.4 is 5.32 Å². The van der Waals surface area contributed by atoms with Crippen LogP contribution in [-0.2, 0) is 14.8 Å². The van der Waals surface area contributed by atoms with Crippen molar-refractivity contribution in [1.82, 2.24) is 9.46 Å². The molecule has 1 saturated heterocycles. The first kappa shape index (κ1) is 17.6. The van der Waals surface area contributed by atoms with Crippen molar-refractivity contribution < 1.29 is 17.7 Å². The molecule has 3 rings (SSSR count). The van der Waals surface area contributed by atoms with Crippen LogP contribution in [0.3, 0.4) is 0 Å². The lowest BCUT2D eigenvalue weighted by Gasteiger charge is -2.31. The third kappa shape index (κ3) is 3.91. The summed E-state index contributed by atoms with van der Waals surface area (Å²) in [5, 5.41) is 6.38. The highest BCUT2D eigenvalue weighted by Gasteiger charge is 2.33. The molecule has 0 unspecified atom stereocenters. The van der Waals surface area contributed by atoms with Crippen molar-refractivity contribution in [2.75, 3.05) is 18.4 Å². The van der Waals surface area contributed by atoms with Crippen LogP contribution >= 0.6 is 0 Å². The highest BCUT2D eigenvalue weighted by molar-refractivity contribution is 7.89. The fourth-order valence-electron chi connectivity index (χ4n) is 2.88. The smallest absolute Gasteiger partial charge is 0.243 e. The van der Waals surface area contributed by atoms with Gasteiger partial charge in [-0.15, -0.1) is 0 Å². The molecule has 8 heteroatoms. The molecule has 134 valence electrons. The number of piperidine rings is 1. The minimum atomic E-state index is -3.60. The van der Waals surface area contributed by atoms with Crippen LogP contribution in [0.2, 0.25) is 0 Å². The lowest BCUT2D eigenvalue weighted by Crippen LogP contribution is -2.43. The summed E-state index contributed by atoms with van der Waals surface area (Å²) in [4.78, 5) is 12.7. The molecule has 2 aromatic rings. The van der Waals surface area contributed by atoms with E-state index in [1.165, 1.54) is 4.31 Å². The second-order valence-corrected chi connectivity index (χ2v) is 8.27. The number of carbonyl (C=O) groups is 1. The molecule has 1 aliphatic heterocycles. The summed E-state index contributed by atoms with van der Waals surface area (Å²) in [5.74, 6) is -0.389. The largest absolute Gasteiger partial charge is 0.338 e. The van der Waals surface area contributed by atoms with Crippen molar-refractivity contribution in [2.45, 2.75) is 31.6 Å². The Morgan fingerprint density at radius 1 is 1.28 bits per heavy atom. The number of rotatable bonds is 4. The first-order chi connectivity index (χ1) is 11.9. The van der Waals surface area contributed by atoms with Gasteiger partial charge in [-0.1, -0.05) is 22.9 Å². The quantitative estimate of drug-likeness (QED) is 0.900. The van der Waals surface area contributed by atoms with Crippen LogP contribution in [-0.4, -0.2) is 36.9 Å². The minimum Gasteiger partial charge on any atom is -0.338 e. The van der Waals surface area contributed by atoms with Gasteiger partial charge in [0, 0.05) is 19.2 Å².